The Bertz CT molecular complexity index is 580. The molecule has 0 saturated carbocycles. The van der Waals surface area contributed by atoms with Gasteiger partial charge in [-0.2, -0.15) is 0 Å². The molecule has 1 heterocycles. The quantitative estimate of drug-likeness (QED) is 0.837. The Morgan fingerprint density at radius 1 is 1.30 bits per heavy atom. The molecule has 114 valence electrons. The normalized spacial score (nSPS) is 14.6. The minimum Gasteiger partial charge on any atom is -0.298 e. The summed E-state index contributed by atoms with van der Waals surface area (Å²) in [7, 11) is -3.39. The fourth-order valence-corrected chi connectivity index (χ4v) is 3.92. The second kappa shape index (κ2) is 5.93. The first-order valence-corrected chi connectivity index (χ1v) is 9.15. The van der Waals surface area contributed by atoms with E-state index in [1.54, 1.807) is 13.8 Å². The van der Waals surface area contributed by atoms with Crippen LogP contribution in [-0.2, 0) is 26.5 Å². The Balaban J connectivity index is 2.85. The molecule has 4 nitrogen and oxygen atoms in total. The summed E-state index contributed by atoms with van der Waals surface area (Å²) >= 11 is 1.41. The molecule has 0 N–H and O–H groups in total. The van der Waals surface area contributed by atoms with Crippen molar-refractivity contribution < 1.29 is 13.2 Å². The zero-order chi connectivity index (χ0) is 15.7. The van der Waals surface area contributed by atoms with Crippen molar-refractivity contribution in [2.75, 3.05) is 0 Å². The summed E-state index contributed by atoms with van der Waals surface area (Å²) in [5.74, 6) is -0.284. The van der Waals surface area contributed by atoms with Crippen LogP contribution in [-0.4, -0.2) is 29.7 Å². The highest BCUT2D eigenvalue weighted by molar-refractivity contribution is 7.93. The maximum atomic E-state index is 12.1. The minimum atomic E-state index is -3.39. The number of carbonyl (C=O) groups excluding carboxylic acids is 1. The molecule has 0 bridgehead atoms. The van der Waals surface area contributed by atoms with E-state index in [1.165, 1.54) is 18.3 Å². The summed E-state index contributed by atoms with van der Waals surface area (Å²) in [5, 5.41) is 1.11. The molecule has 6 heteroatoms. The molecular weight excluding hydrogens is 294 g/mol. The number of aromatic nitrogens is 1. The van der Waals surface area contributed by atoms with Crippen LogP contribution in [0.3, 0.4) is 0 Å². The van der Waals surface area contributed by atoms with Gasteiger partial charge in [0, 0.05) is 10.8 Å². The zero-order valence-corrected chi connectivity index (χ0v) is 14.6. The number of Topliss-reactive ketones (excluding diaryl/α,β-unsaturated/α-hetero) is 1. The van der Waals surface area contributed by atoms with Gasteiger partial charge >= 0.3 is 0 Å². The summed E-state index contributed by atoms with van der Waals surface area (Å²) < 4.78 is 24.0. The van der Waals surface area contributed by atoms with Crippen LogP contribution in [0.25, 0.3) is 0 Å². The van der Waals surface area contributed by atoms with Gasteiger partial charge in [-0.05, 0) is 20.8 Å². The highest BCUT2D eigenvalue weighted by Gasteiger charge is 2.31. The Morgan fingerprint density at radius 3 is 2.25 bits per heavy atom. The molecule has 1 aromatic rings. The van der Waals surface area contributed by atoms with Crippen LogP contribution in [0.5, 0.6) is 0 Å². The predicted molar refractivity (Wildman–Crippen MR) is 83.0 cm³/mol. The molecule has 0 aromatic carbocycles. The van der Waals surface area contributed by atoms with Crippen molar-refractivity contribution in [3.05, 3.63) is 16.1 Å². The first kappa shape index (κ1) is 17.3. The highest BCUT2D eigenvalue weighted by atomic mass is 32.2. The Morgan fingerprint density at radius 2 is 1.85 bits per heavy atom. The fourth-order valence-electron chi connectivity index (χ4n) is 1.62. The van der Waals surface area contributed by atoms with Gasteiger partial charge in [0.05, 0.1) is 17.4 Å². The largest absolute Gasteiger partial charge is 0.298 e. The molecule has 0 amide bonds. The van der Waals surface area contributed by atoms with Crippen molar-refractivity contribution in [2.24, 2.45) is 0 Å². The van der Waals surface area contributed by atoms with Crippen molar-refractivity contribution >= 4 is 27.0 Å². The first-order chi connectivity index (χ1) is 8.96. The number of thiazole rings is 1. The van der Waals surface area contributed by atoms with Gasteiger partial charge in [-0.3, -0.25) is 4.79 Å². The SMILES string of the molecule is CC(C)S(=O)(=O)C(C)C(=O)Cc1nc(C(C)(C)C)cs1. The van der Waals surface area contributed by atoms with E-state index in [9.17, 15) is 13.2 Å². The van der Waals surface area contributed by atoms with E-state index in [1.807, 2.05) is 5.38 Å². The molecule has 1 aromatic heterocycles. The standard InChI is InChI=1S/C14H23NO3S2/c1-9(2)20(17,18)10(3)11(16)7-13-15-12(8-19-13)14(4,5)6/h8-10H,7H2,1-6H3. The van der Waals surface area contributed by atoms with Gasteiger partial charge in [0.25, 0.3) is 0 Å². The van der Waals surface area contributed by atoms with Crippen LogP contribution in [0, 0.1) is 0 Å². The lowest BCUT2D eigenvalue weighted by atomic mass is 9.93. The average Bonchev–Trinajstić information content (AvgIpc) is 2.75. The third kappa shape index (κ3) is 3.88. The predicted octanol–water partition coefficient (Wildman–Crippen LogP) is 2.76. The van der Waals surface area contributed by atoms with Crippen LogP contribution in [0.1, 0.15) is 52.2 Å². The topological polar surface area (TPSA) is 64.1 Å². The average molecular weight is 317 g/mol. The molecule has 1 atom stereocenters. The Labute approximate surface area is 125 Å². The van der Waals surface area contributed by atoms with Gasteiger partial charge in [-0.25, -0.2) is 13.4 Å². The molecule has 20 heavy (non-hydrogen) atoms. The Kier molecular flexibility index (Phi) is 5.13. The van der Waals surface area contributed by atoms with Gasteiger partial charge in [0.15, 0.2) is 15.6 Å². The molecule has 0 aliphatic rings. The number of hydrogen-bond acceptors (Lipinski definition) is 5. The molecule has 0 saturated heterocycles. The van der Waals surface area contributed by atoms with E-state index in [4.69, 9.17) is 0 Å². The number of hydrogen-bond donors (Lipinski definition) is 0. The molecule has 1 rings (SSSR count). The zero-order valence-electron chi connectivity index (χ0n) is 12.9. The van der Waals surface area contributed by atoms with E-state index in [0.717, 1.165) is 5.69 Å². The number of sulfone groups is 1. The maximum Gasteiger partial charge on any atom is 0.162 e. The van der Waals surface area contributed by atoms with E-state index in [0.29, 0.717) is 5.01 Å². The van der Waals surface area contributed by atoms with Crippen molar-refractivity contribution in [3.8, 4) is 0 Å². The van der Waals surface area contributed by atoms with Crippen LogP contribution >= 0.6 is 11.3 Å². The third-order valence-electron chi connectivity index (χ3n) is 3.25. The molecular formula is C14H23NO3S2. The lowest BCUT2D eigenvalue weighted by molar-refractivity contribution is -0.117. The van der Waals surface area contributed by atoms with Crippen molar-refractivity contribution in [2.45, 2.75) is 63.9 Å². The van der Waals surface area contributed by atoms with E-state index in [2.05, 4.69) is 25.8 Å². The number of nitrogens with zero attached hydrogens (tertiary/aromatic N) is 1. The fraction of sp³-hybridized carbons (Fsp3) is 0.714. The summed E-state index contributed by atoms with van der Waals surface area (Å²) in [5.41, 5.74) is 0.873. The lowest BCUT2D eigenvalue weighted by Gasteiger charge is -2.15. The second-order valence-electron chi connectivity index (χ2n) is 6.30. The first-order valence-electron chi connectivity index (χ1n) is 6.66. The van der Waals surface area contributed by atoms with E-state index < -0.39 is 20.3 Å². The van der Waals surface area contributed by atoms with Gasteiger partial charge in [-0.1, -0.05) is 20.8 Å². The lowest BCUT2D eigenvalue weighted by Crippen LogP contribution is -2.33. The van der Waals surface area contributed by atoms with E-state index >= 15 is 0 Å². The molecule has 0 fully saturated rings. The molecule has 0 radical (unpaired) electrons. The number of rotatable bonds is 5. The van der Waals surface area contributed by atoms with Gasteiger partial charge in [0.1, 0.15) is 10.3 Å². The Hall–Kier alpha value is -0.750. The highest BCUT2D eigenvalue weighted by Crippen LogP contribution is 2.24. The number of ketones is 1. The summed E-state index contributed by atoms with van der Waals surface area (Å²) in [6.07, 6.45) is 0.0911. The van der Waals surface area contributed by atoms with E-state index in [-0.39, 0.29) is 17.6 Å². The summed E-state index contributed by atoms with van der Waals surface area (Å²) in [4.78, 5) is 16.5. The monoisotopic (exact) mass is 317 g/mol. The summed E-state index contributed by atoms with van der Waals surface area (Å²) in [6.45, 7) is 10.8. The van der Waals surface area contributed by atoms with Gasteiger partial charge < -0.3 is 0 Å². The maximum absolute atomic E-state index is 12.1. The van der Waals surface area contributed by atoms with Crippen molar-refractivity contribution in [3.63, 3.8) is 0 Å². The molecule has 0 aliphatic carbocycles. The van der Waals surface area contributed by atoms with Crippen LogP contribution in [0.4, 0.5) is 0 Å². The number of carbonyl (C=O) groups is 1. The van der Waals surface area contributed by atoms with Gasteiger partial charge in [-0.15, -0.1) is 11.3 Å². The second-order valence-corrected chi connectivity index (χ2v) is 10.1. The van der Waals surface area contributed by atoms with Crippen molar-refractivity contribution in [1.29, 1.82) is 0 Å². The van der Waals surface area contributed by atoms with Crippen LogP contribution < -0.4 is 0 Å². The van der Waals surface area contributed by atoms with Gasteiger partial charge in [0.2, 0.25) is 0 Å². The molecule has 0 aliphatic heterocycles. The molecule has 1 unspecified atom stereocenters. The van der Waals surface area contributed by atoms with Crippen molar-refractivity contribution in [1.82, 2.24) is 4.98 Å². The third-order valence-corrected chi connectivity index (χ3v) is 6.66. The van der Waals surface area contributed by atoms with Crippen LogP contribution in [0.2, 0.25) is 0 Å². The smallest absolute Gasteiger partial charge is 0.162 e. The molecule has 0 spiro atoms. The summed E-state index contributed by atoms with van der Waals surface area (Å²) in [6, 6.07) is 0. The van der Waals surface area contributed by atoms with Crippen LogP contribution in [0.15, 0.2) is 5.38 Å². The minimum absolute atomic E-state index is 0.0621.